The fourth-order valence-corrected chi connectivity index (χ4v) is 4.68. The van der Waals surface area contributed by atoms with Crippen molar-refractivity contribution in [2.24, 2.45) is 5.41 Å². The molecule has 0 spiro atoms. The lowest BCUT2D eigenvalue weighted by Gasteiger charge is -2.30. The van der Waals surface area contributed by atoms with Crippen LogP contribution in [0.3, 0.4) is 0 Å². The SMILES string of the molecule is CCCCCCCCCCCCOc1ccc(C2CCC(OC(=O)C(C)(C#N)CC)CC2)cc1. The van der Waals surface area contributed by atoms with Gasteiger partial charge in [0.05, 0.1) is 12.7 Å². The Morgan fingerprint density at radius 3 is 2.00 bits per heavy atom. The predicted octanol–water partition coefficient (Wildman–Crippen LogP) is 8.50. The van der Waals surface area contributed by atoms with Gasteiger partial charge in [-0.15, -0.1) is 0 Å². The van der Waals surface area contributed by atoms with Crippen molar-refractivity contribution in [2.75, 3.05) is 6.61 Å². The lowest BCUT2D eigenvalue weighted by molar-refractivity contribution is -0.159. The van der Waals surface area contributed by atoms with Crippen LogP contribution in [-0.2, 0) is 9.53 Å². The molecule has 0 bridgehead atoms. The largest absolute Gasteiger partial charge is 0.494 e. The summed E-state index contributed by atoms with van der Waals surface area (Å²) in [6.45, 7) is 6.59. The molecule has 34 heavy (non-hydrogen) atoms. The molecule has 0 radical (unpaired) electrons. The molecule has 1 aromatic rings. The van der Waals surface area contributed by atoms with E-state index in [1.54, 1.807) is 6.92 Å². The molecule has 1 aliphatic rings. The summed E-state index contributed by atoms with van der Waals surface area (Å²) in [4.78, 5) is 12.3. The monoisotopic (exact) mass is 469 g/mol. The molecule has 0 aromatic heterocycles. The van der Waals surface area contributed by atoms with E-state index >= 15 is 0 Å². The van der Waals surface area contributed by atoms with Gasteiger partial charge in [0.2, 0.25) is 0 Å². The van der Waals surface area contributed by atoms with Gasteiger partial charge >= 0.3 is 5.97 Å². The van der Waals surface area contributed by atoms with Crippen LogP contribution >= 0.6 is 0 Å². The Bertz CT molecular complexity index is 730. The average molecular weight is 470 g/mol. The van der Waals surface area contributed by atoms with Gasteiger partial charge in [0, 0.05) is 0 Å². The average Bonchev–Trinajstić information content (AvgIpc) is 2.87. The zero-order valence-electron chi connectivity index (χ0n) is 21.9. The van der Waals surface area contributed by atoms with Crippen molar-refractivity contribution in [3.63, 3.8) is 0 Å². The van der Waals surface area contributed by atoms with Crippen LogP contribution < -0.4 is 4.74 Å². The molecule has 1 aromatic carbocycles. The first-order valence-electron chi connectivity index (χ1n) is 13.9. The fraction of sp³-hybridized carbons (Fsp3) is 0.733. The second kappa shape index (κ2) is 15.8. The number of benzene rings is 1. The summed E-state index contributed by atoms with van der Waals surface area (Å²) >= 11 is 0. The Labute approximate surface area is 208 Å². The number of nitrogens with zero attached hydrogens (tertiary/aromatic N) is 1. The van der Waals surface area contributed by atoms with Crippen LogP contribution in [0.2, 0.25) is 0 Å². The molecule has 0 heterocycles. The maximum Gasteiger partial charge on any atom is 0.326 e. The van der Waals surface area contributed by atoms with Gasteiger partial charge in [-0.2, -0.15) is 5.26 Å². The second-order valence-corrected chi connectivity index (χ2v) is 10.3. The first-order valence-corrected chi connectivity index (χ1v) is 13.9. The van der Waals surface area contributed by atoms with E-state index in [9.17, 15) is 10.1 Å². The van der Waals surface area contributed by atoms with Crippen LogP contribution in [0, 0.1) is 16.7 Å². The zero-order chi connectivity index (χ0) is 24.7. The van der Waals surface area contributed by atoms with E-state index in [0.29, 0.717) is 12.3 Å². The number of carbonyl (C=O) groups excluding carboxylic acids is 1. The van der Waals surface area contributed by atoms with Crippen LogP contribution in [0.15, 0.2) is 24.3 Å². The van der Waals surface area contributed by atoms with Gasteiger partial charge in [-0.3, -0.25) is 4.79 Å². The van der Waals surface area contributed by atoms with Crippen molar-refractivity contribution in [2.45, 2.75) is 129 Å². The minimum atomic E-state index is -1.03. The molecule has 190 valence electrons. The second-order valence-electron chi connectivity index (χ2n) is 10.3. The van der Waals surface area contributed by atoms with Gasteiger partial charge in [0.1, 0.15) is 11.9 Å². The third-order valence-corrected chi connectivity index (χ3v) is 7.47. The molecule has 4 nitrogen and oxygen atoms in total. The quantitative estimate of drug-likeness (QED) is 0.180. The van der Waals surface area contributed by atoms with Gasteiger partial charge < -0.3 is 9.47 Å². The predicted molar refractivity (Wildman–Crippen MR) is 139 cm³/mol. The molecule has 1 fully saturated rings. The minimum Gasteiger partial charge on any atom is -0.494 e. The summed E-state index contributed by atoms with van der Waals surface area (Å²) in [5, 5.41) is 9.28. The Morgan fingerprint density at radius 2 is 1.47 bits per heavy atom. The Morgan fingerprint density at radius 1 is 0.912 bits per heavy atom. The molecular weight excluding hydrogens is 422 g/mol. The van der Waals surface area contributed by atoms with E-state index in [2.05, 4.69) is 37.3 Å². The van der Waals surface area contributed by atoms with Crippen molar-refractivity contribution in [3.8, 4) is 11.8 Å². The van der Waals surface area contributed by atoms with Crippen LogP contribution in [0.5, 0.6) is 5.75 Å². The molecule has 0 aliphatic heterocycles. The van der Waals surface area contributed by atoms with Crippen LogP contribution in [-0.4, -0.2) is 18.7 Å². The summed E-state index contributed by atoms with van der Waals surface area (Å²) in [5.74, 6) is 1.09. The molecule has 0 amide bonds. The normalized spacial score (nSPS) is 19.7. The zero-order valence-corrected chi connectivity index (χ0v) is 21.9. The smallest absolute Gasteiger partial charge is 0.326 e. The first-order chi connectivity index (χ1) is 16.5. The lowest BCUT2D eigenvalue weighted by atomic mass is 9.82. The van der Waals surface area contributed by atoms with Crippen molar-refractivity contribution >= 4 is 5.97 Å². The van der Waals surface area contributed by atoms with E-state index in [0.717, 1.165) is 44.5 Å². The number of carbonyl (C=O) groups is 1. The van der Waals surface area contributed by atoms with Crippen molar-refractivity contribution < 1.29 is 14.3 Å². The molecule has 1 unspecified atom stereocenters. The summed E-state index contributed by atoms with van der Waals surface area (Å²) < 4.78 is 11.6. The number of rotatable bonds is 16. The molecule has 0 N–H and O–H groups in total. The van der Waals surface area contributed by atoms with Gasteiger partial charge in [-0.05, 0) is 69.1 Å². The molecule has 4 heteroatoms. The first kappa shape index (κ1) is 28.2. The highest BCUT2D eigenvalue weighted by molar-refractivity contribution is 5.79. The van der Waals surface area contributed by atoms with E-state index in [-0.39, 0.29) is 12.1 Å². The Hall–Kier alpha value is -2.02. The third kappa shape index (κ3) is 9.69. The number of esters is 1. The maximum absolute atomic E-state index is 12.3. The van der Waals surface area contributed by atoms with E-state index in [4.69, 9.17) is 9.47 Å². The fourth-order valence-electron chi connectivity index (χ4n) is 4.68. The highest BCUT2D eigenvalue weighted by Crippen LogP contribution is 2.35. The van der Waals surface area contributed by atoms with E-state index < -0.39 is 5.41 Å². The molecule has 1 aliphatic carbocycles. The van der Waals surface area contributed by atoms with Crippen LogP contribution in [0.4, 0.5) is 0 Å². The third-order valence-electron chi connectivity index (χ3n) is 7.47. The topological polar surface area (TPSA) is 59.3 Å². The lowest BCUT2D eigenvalue weighted by Crippen LogP contribution is -2.33. The van der Waals surface area contributed by atoms with Crippen LogP contribution in [0.1, 0.15) is 129 Å². The standard InChI is InChI=1S/C30H47NO3/c1-4-6-7-8-9-10-11-12-13-14-23-33-27-19-15-25(16-20-27)26-17-21-28(22-18-26)34-29(32)30(3,5-2)24-31/h15-16,19-20,26,28H,4-14,17-18,21-23H2,1-3H3. The summed E-state index contributed by atoms with van der Waals surface area (Å²) in [5.41, 5.74) is 0.312. The Balaban J connectivity index is 1.59. The van der Waals surface area contributed by atoms with Gasteiger partial charge in [-0.25, -0.2) is 0 Å². The number of hydrogen-bond donors (Lipinski definition) is 0. The van der Waals surface area contributed by atoms with Gasteiger partial charge in [-0.1, -0.05) is 83.8 Å². The summed E-state index contributed by atoms with van der Waals surface area (Å²) in [6, 6.07) is 10.7. The van der Waals surface area contributed by atoms with Gasteiger partial charge in [0.25, 0.3) is 0 Å². The minimum absolute atomic E-state index is 0.0633. The van der Waals surface area contributed by atoms with Crippen molar-refractivity contribution in [3.05, 3.63) is 29.8 Å². The maximum atomic E-state index is 12.3. The molecular formula is C30H47NO3. The molecule has 2 rings (SSSR count). The summed E-state index contributed by atoms with van der Waals surface area (Å²) in [6.07, 6.45) is 17.5. The van der Waals surface area contributed by atoms with Crippen LogP contribution in [0.25, 0.3) is 0 Å². The Kier molecular flexibility index (Phi) is 13.1. The number of nitriles is 1. The number of unbranched alkanes of at least 4 members (excludes halogenated alkanes) is 9. The number of hydrogen-bond acceptors (Lipinski definition) is 4. The number of ether oxygens (including phenoxy) is 2. The summed E-state index contributed by atoms with van der Waals surface area (Å²) in [7, 11) is 0. The molecule has 1 atom stereocenters. The molecule has 0 saturated heterocycles. The van der Waals surface area contributed by atoms with Gasteiger partial charge in [0.15, 0.2) is 5.41 Å². The van der Waals surface area contributed by atoms with Crippen molar-refractivity contribution in [1.29, 1.82) is 5.26 Å². The highest BCUT2D eigenvalue weighted by atomic mass is 16.5. The highest BCUT2D eigenvalue weighted by Gasteiger charge is 2.35. The van der Waals surface area contributed by atoms with Crippen molar-refractivity contribution in [1.82, 2.24) is 0 Å². The van der Waals surface area contributed by atoms with E-state index in [1.807, 2.05) is 6.92 Å². The molecule has 1 saturated carbocycles. The van der Waals surface area contributed by atoms with E-state index in [1.165, 1.54) is 63.4 Å².